The Morgan fingerprint density at radius 1 is 0.900 bits per heavy atom. The Morgan fingerprint density at radius 2 is 1.53 bits per heavy atom. The van der Waals surface area contributed by atoms with Crippen molar-refractivity contribution in [3.8, 4) is 11.5 Å². The summed E-state index contributed by atoms with van der Waals surface area (Å²) in [6, 6.07) is 19.4. The third kappa shape index (κ3) is 3.19. The zero-order valence-corrected chi connectivity index (χ0v) is 16.8. The fraction of sp³-hybridized carbons (Fsp3) is 0.0870. The van der Waals surface area contributed by atoms with Crippen LogP contribution in [0.5, 0.6) is 11.5 Å². The third-order valence-electron chi connectivity index (χ3n) is 4.93. The van der Waals surface area contributed by atoms with Gasteiger partial charge < -0.3 is 14.0 Å². The quantitative estimate of drug-likeness (QED) is 0.475. The summed E-state index contributed by atoms with van der Waals surface area (Å²) in [4.78, 5) is 30.1. The van der Waals surface area contributed by atoms with Gasteiger partial charge in [0.2, 0.25) is 6.79 Å². The van der Waals surface area contributed by atoms with E-state index in [1.165, 1.54) is 11.3 Å². The van der Waals surface area contributed by atoms with Crippen molar-refractivity contribution >= 4 is 33.2 Å². The second-order valence-electron chi connectivity index (χ2n) is 6.81. The van der Waals surface area contributed by atoms with E-state index in [9.17, 15) is 9.59 Å². The molecule has 0 fully saturated rings. The highest BCUT2D eigenvalue weighted by Crippen LogP contribution is 2.36. The number of fused-ring (bicyclic) bond motifs is 2. The van der Waals surface area contributed by atoms with Gasteiger partial charge in [0, 0.05) is 35.9 Å². The Morgan fingerprint density at radius 3 is 2.27 bits per heavy atom. The van der Waals surface area contributed by atoms with Gasteiger partial charge in [-0.3, -0.25) is 9.59 Å². The van der Waals surface area contributed by atoms with E-state index in [-0.39, 0.29) is 18.5 Å². The van der Waals surface area contributed by atoms with E-state index < -0.39 is 0 Å². The van der Waals surface area contributed by atoms with Crippen molar-refractivity contribution in [1.82, 2.24) is 4.57 Å². The topological polar surface area (TPSA) is 69.9 Å². The molecule has 0 saturated carbocycles. The highest BCUT2D eigenvalue weighted by atomic mass is 32.1. The van der Waals surface area contributed by atoms with Gasteiger partial charge in [0.1, 0.15) is 0 Å². The van der Waals surface area contributed by atoms with Crippen molar-refractivity contribution in [3.05, 3.63) is 88.2 Å². The molecule has 1 aromatic heterocycles. The zero-order chi connectivity index (χ0) is 20.7. The number of carbonyl (C=O) groups excluding carboxylic acids is 2. The predicted molar refractivity (Wildman–Crippen MR) is 113 cm³/mol. The Kier molecular flexibility index (Phi) is 4.44. The molecule has 3 aromatic carbocycles. The number of hydrogen-bond acceptors (Lipinski definition) is 5. The molecule has 0 radical (unpaired) electrons. The van der Waals surface area contributed by atoms with E-state index in [4.69, 9.17) is 9.47 Å². The number of hydrogen-bond donors (Lipinski definition) is 0. The van der Waals surface area contributed by atoms with Gasteiger partial charge in [-0.05, 0) is 12.1 Å². The molecule has 2 heterocycles. The lowest BCUT2D eigenvalue weighted by molar-refractivity contribution is 0.0994. The van der Waals surface area contributed by atoms with Gasteiger partial charge in [-0.1, -0.05) is 53.8 Å². The van der Waals surface area contributed by atoms with Crippen molar-refractivity contribution in [2.24, 2.45) is 12.0 Å². The summed E-state index contributed by atoms with van der Waals surface area (Å²) in [5.74, 6) is 0.934. The second-order valence-corrected chi connectivity index (χ2v) is 7.82. The summed E-state index contributed by atoms with van der Waals surface area (Å²) >= 11 is 1.40. The van der Waals surface area contributed by atoms with Crippen LogP contribution in [0.25, 0.3) is 10.2 Å². The van der Waals surface area contributed by atoms with Crippen molar-refractivity contribution in [1.29, 1.82) is 0 Å². The largest absolute Gasteiger partial charge is 0.454 e. The molecule has 1 aliphatic rings. The summed E-state index contributed by atoms with van der Waals surface area (Å²) in [6.07, 6.45) is 0. The average Bonchev–Trinajstić information content (AvgIpc) is 3.36. The van der Waals surface area contributed by atoms with Crippen LogP contribution >= 0.6 is 11.3 Å². The highest BCUT2D eigenvalue weighted by molar-refractivity contribution is 7.16. The monoisotopic (exact) mass is 416 g/mol. The van der Waals surface area contributed by atoms with Gasteiger partial charge in [-0.15, -0.1) is 0 Å². The molecule has 30 heavy (non-hydrogen) atoms. The summed E-state index contributed by atoms with van der Waals surface area (Å²) in [5, 5.41) is 0. The molecule has 6 nitrogen and oxygen atoms in total. The molecule has 1 aliphatic heterocycles. The number of aromatic nitrogens is 1. The van der Waals surface area contributed by atoms with Gasteiger partial charge in [-0.25, -0.2) is 0 Å². The van der Waals surface area contributed by atoms with Crippen LogP contribution in [-0.4, -0.2) is 23.1 Å². The number of thiazole rings is 1. The molecule has 5 rings (SSSR count). The average molecular weight is 416 g/mol. The van der Waals surface area contributed by atoms with E-state index in [0.29, 0.717) is 33.0 Å². The van der Waals surface area contributed by atoms with Gasteiger partial charge >= 0.3 is 0 Å². The lowest BCUT2D eigenvalue weighted by atomic mass is 10.0. The molecule has 0 aliphatic carbocycles. The molecular weight excluding hydrogens is 400 g/mol. The van der Waals surface area contributed by atoms with Crippen molar-refractivity contribution in [2.45, 2.75) is 0 Å². The number of carbonyl (C=O) groups is 2. The van der Waals surface area contributed by atoms with Gasteiger partial charge in [-0.2, -0.15) is 4.99 Å². The molecule has 0 spiro atoms. The summed E-state index contributed by atoms with van der Waals surface area (Å²) in [7, 11) is 1.86. The number of ether oxygens (including phenoxy) is 2. The first kappa shape index (κ1) is 18.3. The second kappa shape index (κ2) is 7.27. The van der Waals surface area contributed by atoms with E-state index in [1.807, 2.05) is 41.9 Å². The van der Waals surface area contributed by atoms with E-state index in [0.717, 1.165) is 10.2 Å². The molecule has 7 heteroatoms. The van der Waals surface area contributed by atoms with Crippen LogP contribution in [0.1, 0.15) is 26.3 Å². The standard InChI is InChI=1S/C23H16N2O4S/c1-25-17-11-18-19(29-13-28-18)12-20(17)30-23(25)24-22(27)16-9-7-15(8-10-16)21(26)14-5-3-2-4-6-14/h2-12H,13H2,1H3. The number of benzene rings is 3. The fourth-order valence-electron chi connectivity index (χ4n) is 3.30. The number of amides is 1. The van der Waals surface area contributed by atoms with E-state index in [2.05, 4.69) is 4.99 Å². The lowest BCUT2D eigenvalue weighted by Crippen LogP contribution is -2.13. The molecule has 0 N–H and O–H groups in total. The predicted octanol–water partition coefficient (Wildman–Crippen LogP) is 3.94. The van der Waals surface area contributed by atoms with Crippen LogP contribution in [0.4, 0.5) is 0 Å². The minimum atomic E-state index is -0.365. The molecule has 4 aromatic rings. The molecule has 0 unspecified atom stereocenters. The van der Waals surface area contributed by atoms with Gasteiger partial charge in [0.05, 0.1) is 10.2 Å². The molecule has 0 saturated heterocycles. The van der Waals surface area contributed by atoms with Crippen molar-refractivity contribution in [3.63, 3.8) is 0 Å². The minimum Gasteiger partial charge on any atom is -0.454 e. The van der Waals surface area contributed by atoms with E-state index in [1.54, 1.807) is 36.4 Å². The smallest absolute Gasteiger partial charge is 0.279 e. The van der Waals surface area contributed by atoms with Crippen LogP contribution in [0.3, 0.4) is 0 Å². The molecule has 0 atom stereocenters. The number of rotatable bonds is 3. The van der Waals surface area contributed by atoms with Crippen LogP contribution in [0.15, 0.2) is 71.7 Å². The maximum absolute atomic E-state index is 12.7. The Labute approximate surface area is 175 Å². The Balaban J connectivity index is 1.44. The maximum Gasteiger partial charge on any atom is 0.279 e. The molecular formula is C23H16N2O4S. The SMILES string of the molecule is Cn1c(=NC(=O)c2ccc(C(=O)c3ccccc3)cc2)sc2cc3c(cc21)OCO3. The van der Waals surface area contributed by atoms with Crippen LogP contribution in [0.2, 0.25) is 0 Å². The first-order chi connectivity index (χ1) is 14.6. The first-order valence-electron chi connectivity index (χ1n) is 9.28. The van der Waals surface area contributed by atoms with Gasteiger partial charge in [0.25, 0.3) is 5.91 Å². The molecule has 0 bridgehead atoms. The van der Waals surface area contributed by atoms with Crippen molar-refractivity contribution in [2.75, 3.05) is 6.79 Å². The minimum absolute atomic E-state index is 0.0834. The van der Waals surface area contributed by atoms with E-state index >= 15 is 0 Å². The zero-order valence-electron chi connectivity index (χ0n) is 16.0. The van der Waals surface area contributed by atoms with Crippen molar-refractivity contribution < 1.29 is 19.1 Å². The normalized spacial score (nSPS) is 13.0. The van der Waals surface area contributed by atoms with Crippen LogP contribution in [0, 0.1) is 0 Å². The van der Waals surface area contributed by atoms with Crippen LogP contribution in [-0.2, 0) is 7.05 Å². The highest BCUT2D eigenvalue weighted by Gasteiger charge is 2.17. The van der Waals surface area contributed by atoms with Gasteiger partial charge in [0.15, 0.2) is 22.1 Å². The summed E-state index contributed by atoms with van der Waals surface area (Å²) < 4.78 is 13.7. The Bertz CT molecular complexity index is 1350. The molecule has 148 valence electrons. The third-order valence-corrected chi connectivity index (χ3v) is 6.03. The number of ketones is 1. The fourth-order valence-corrected chi connectivity index (χ4v) is 4.32. The van der Waals surface area contributed by atoms with Crippen LogP contribution < -0.4 is 14.3 Å². The number of nitrogens with zero attached hydrogens (tertiary/aromatic N) is 2. The number of aryl methyl sites for hydroxylation is 1. The first-order valence-corrected chi connectivity index (χ1v) is 10.1. The maximum atomic E-state index is 12.7. The summed E-state index contributed by atoms with van der Waals surface area (Å²) in [6.45, 7) is 0.217. The molecule has 1 amide bonds. The summed E-state index contributed by atoms with van der Waals surface area (Å²) in [5.41, 5.74) is 2.48. The lowest BCUT2D eigenvalue weighted by Gasteiger charge is -2.02. The Hall–Kier alpha value is -3.71.